The molecule has 0 radical (unpaired) electrons. The summed E-state index contributed by atoms with van der Waals surface area (Å²) in [6.45, 7) is 0. The van der Waals surface area contributed by atoms with E-state index in [0.29, 0.717) is 16.6 Å². The smallest absolute Gasteiger partial charge is 0.143 e. The summed E-state index contributed by atoms with van der Waals surface area (Å²) >= 11 is 0. The third-order valence-corrected chi connectivity index (χ3v) is 2.50. The number of rotatable bonds is 1. The highest BCUT2D eigenvalue weighted by Gasteiger charge is 2.08. The minimum absolute atomic E-state index is 0.349. The molecule has 0 spiro atoms. The van der Waals surface area contributed by atoms with Crippen LogP contribution in [-0.4, -0.2) is 14.8 Å². The van der Waals surface area contributed by atoms with Gasteiger partial charge in [-0.25, -0.2) is 13.5 Å². The van der Waals surface area contributed by atoms with Crippen LogP contribution in [0.25, 0.3) is 16.6 Å². The van der Waals surface area contributed by atoms with E-state index in [1.807, 2.05) is 0 Å². The first-order chi connectivity index (χ1) is 8.25. The lowest BCUT2D eigenvalue weighted by molar-refractivity contribution is 0.619. The molecule has 0 fully saturated rings. The van der Waals surface area contributed by atoms with Crippen LogP contribution in [0, 0.1) is 11.6 Å². The van der Waals surface area contributed by atoms with Gasteiger partial charge in [0.2, 0.25) is 0 Å². The quantitative estimate of drug-likeness (QED) is 0.644. The van der Waals surface area contributed by atoms with Gasteiger partial charge in [0, 0.05) is 6.07 Å². The Balaban J connectivity index is 2.28. The zero-order valence-corrected chi connectivity index (χ0v) is 8.64. The molecule has 0 unspecified atom stereocenters. The summed E-state index contributed by atoms with van der Waals surface area (Å²) < 4.78 is 28.0. The third-order valence-electron chi connectivity index (χ3n) is 2.50. The lowest BCUT2D eigenvalue weighted by Crippen LogP contribution is -1.97. The van der Waals surface area contributed by atoms with E-state index in [9.17, 15) is 8.78 Å². The first kappa shape index (κ1) is 9.89. The Morgan fingerprint density at radius 3 is 2.76 bits per heavy atom. The van der Waals surface area contributed by atoms with Gasteiger partial charge in [-0.1, -0.05) is 6.07 Å². The first-order valence-electron chi connectivity index (χ1n) is 4.99. The third kappa shape index (κ3) is 1.56. The highest BCUT2D eigenvalue weighted by molar-refractivity contribution is 5.80. The second-order valence-corrected chi connectivity index (χ2v) is 3.59. The molecule has 3 nitrogen and oxygen atoms in total. The molecule has 0 aliphatic heterocycles. The van der Waals surface area contributed by atoms with Crippen LogP contribution in [0.15, 0.2) is 42.9 Å². The Labute approximate surface area is 95.3 Å². The second-order valence-electron chi connectivity index (χ2n) is 3.59. The maximum Gasteiger partial charge on any atom is 0.143 e. The average Bonchev–Trinajstić information content (AvgIpc) is 2.74. The molecule has 0 aliphatic carbocycles. The number of hydrogen-bond donors (Lipinski definition) is 0. The van der Waals surface area contributed by atoms with E-state index in [0.717, 1.165) is 6.20 Å². The molecule has 2 aromatic heterocycles. The van der Waals surface area contributed by atoms with E-state index in [4.69, 9.17) is 0 Å². The van der Waals surface area contributed by atoms with Gasteiger partial charge in [0.1, 0.15) is 11.6 Å². The van der Waals surface area contributed by atoms with Crippen LogP contribution in [-0.2, 0) is 0 Å². The molecule has 0 saturated carbocycles. The molecule has 3 rings (SSSR count). The molecular weight excluding hydrogens is 224 g/mol. The zero-order valence-electron chi connectivity index (χ0n) is 8.64. The summed E-state index contributed by atoms with van der Waals surface area (Å²) in [5.41, 5.74) is 1.04. The summed E-state index contributed by atoms with van der Waals surface area (Å²) in [4.78, 5) is 3.74. The van der Waals surface area contributed by atoms with Crippen LogP contribution in [0.3, 0.4) is 0 Å². The minimum atomic E-state index is -0.456. The van der Waals surface area contributed by atoms with E-state index in [2.05, 4.69) is 10.1 Å². The van der Waals surface area contributed by atoms with Crippen LogP contribution in [0.5, 0.6) is 0 Å². The maximum absolute atomic E-state index is 13.5. The normalized spacial score (nSPS) is 10.9. The highest BCUT2D eigenvalue weighted by Crippen LogP contribution is 2.20. The van der Waals surface area contributed by atoms with Crippen molar-refractivity contribution in [2.75, 3.05) is 0 Å². The van der Waals surface area contributed by atoms with Crippen molar-refractivity contribution in [3.8, 4) is 5.69 Å². The molecule has 17 heavy (non-hydrogen) atoms. The fraction of sp³-hybridized carbons (Fsp3) is 0. The van der Waals surface area contributed by atoms with Gasteiger partial charge in [-0.15, -0.1) is 0 Å². The number of pyridine rings is 1. The van der Waals surface area contributed by atoms with Crippen molar-refractivity contribution >= 4 is 10.9 Å². The summed E-state index contributed by atoms with van der Waals surface area (Å²) in [6, 6.07) is 5.96. The average molecular weight is 231 g/mol. The van der Waals surface area contributed by atoms with Gasteiger partial charge in [0.25, 0.3) is 0 Å². The molecule has 0 aliphatic rings. The minimum Gasteiger partial charge on any atom is -0.259 e. The molecule has 0 atom stereocenters. The van der Waals surface area contributed by atoms with Gasteiger partial charge >= 0.3 is 0 Å². The maximum atomic E-state index is 13.5. The van der Waals surface area contributed by atoms with E-state index >= 15 is 0 Å². The Morgan fingerprint density at radius 2 is 1.94 bits per heavy atom. The Hall–Kier alpha value is -2.30. The van der Waals surface area contributed by atoms with Crippen molar-refractivity contribution in [1.82, 2.24) is 14.8 Å². The summed E-state index contributed by atoms with van der Waals surface area (Å²) in [5, 5.41) is 4.44. The van der Waals surface area contributed by atoms with Crippen molar-refractivity contribution in [2.24, 2.45) is 0 Å². The molecular formula is C12H7F2N3. The van der Waals surface area contributed by atoms with Crippen molar-refractivity contribution < 1.29 is 8.78 Å². The molecule has 1 aromatic carbocycles. The van der Waals surface area contributed by atoms with Crippen molar-refractivity contribution in [2.45, 2.75) is 0 Å². The van der Waals surface area contributed by atoms with Gasteiger partial charge in [0.05, 0.1) is 35.2 Å². The Bertz CT molecular complexity index is 691. The number of nitrogens with zero attached hydrogens (tertiary/aromatic N) is 3. The molecule has 0 amide bonds. The Kier molecular flexibility index (Phi) is 2.11. The molecule has 0 saturated heterocycles. The number of fused-ring (bicyclic) bond motifs is 1. The van der Waals surface area contributed by atoms with E-state index in [-0.39, 0.29) is 5.82 Å². The fourth-order valence-corrected chi connectivity index (χ4v) is 1.74. The summed E-state index contributed by atoms with van der Waals surface area (Å²) in [7, 11) is 0. The molecule has 2 heterocycles. The lowest BCUT2D eigenvalue weighted by atomic mass is 10.2. The lowest BCUT2D eigenvalue weighted by Gasteiger charge is -2.02. The van der Waals surface area contributed by atoms with E-state index in [1.54, 1.807) is 12.1 Å². The van der Waals surface area contributed by atoms with Crippen LogP contribution in [0.4, 0.5) is 8.78 Å². The predicted molar refractivity (Wildman–Crippen MR) is 58.8 cm³/mol. The highest BCUT2D eigenvalue weighted by atomic mass is 19.1. The molecule has 5 heteroatoms. The topological polar surface area (TPSA) is 30.7 Å². The standard InChI is InChI=1S/C12H7F2N3/c13-8-4-9(6-15-5-8)17-12-3-1-2-11(14)10(12)7-16-17/h1-7H. The van der Waals surface area contributed by atoms with E-state index in [1.165, 1.54) is 29.2 Å². The first-order valence-corrected chi connectivity index (χ1v) is 4.99. The van der Waals surface area contributed by atoms with Crippen molar-refractivity contribution in [3.05, 3.63) is 54.5 Å². The van der Waals surface area contributed by atoms with Crippen LogP contribution in [0.1, 0.15) is 0 Å². The van der Waals surface area contributed by atoms with Crippen LogP contribution in [0.2, 0.25) is 0 Å². The van der Waals surface area contributed by atoms with Gasteiger partial charge in [-0.2, -0.15) is 5.10 Å². The van der Waals surface area contributed by atoms with Crippen LogP contribution < -0.4 is 0 Å². The zero-order chi connectivity index (χ0) is 11.8. The number of halogens is 2. The summed E-state index contributed by atoms with van der Waals surface area (Å²) in [5.74, 6) is -0.805. The van der Waals surface area contributed by atoms with Gasteiger partial charge in [-0.05, 0) is 12.1 Å². The number of hydrogen-bond acceptors (Lipinski definition) is 2. The van der Waals surface area contributed by atoms with Gasteiger partial charge < -0.3 is 0 Å². The molecule has 84 valence electrons. The fourth-order valence-electron chi connectivity index (χ4n) is 1.74. The predicted octanol–water partition coefficient (Wildman–Crippen LogP) is 2.70. The largest absolute Gasteiger partial charge is 0.259 e. The van der Waals surface area contributed by atoms with E-state index < -0.39 is 5.82 Å². The van der Waals surface area contributed by atoms with Crippen molar-refractivity contribution in [1.29, 1.82) is 0 Å². The molecule has 0 bridgehead atoms. The monoisotopic (exact) mass is 231 g/mol. The Morgan fingerprint density at radius 1 is 1.06 bits per heavy atom. The number of aromatic nitrogens is 3. The molecule has 0 N–H and O–H groups in total. The second kappa shape index (κ2) is 3.62. The molecule has 3 aromatic rings. The number of benzene rings is 1. The SMILES string of the molecule is Fc1cncc(-n2ncc3c(F)cccc32)c1. The van der Waals surface area contributed by atoms with Gasteiger partial charge in [-0.3, -0.25) is 4.98 Å². The van der Waals surface area contributed by atoms with Crippen LogP contribution >= 0.6 is 0 Å². The van der Waals surface area contributed by atoms with Gasteiger partial charge in [0.15, 0.2) is 0 Å². The van der Waals surface area contributed by atoms with Crippen molar-refractivity contribution in [3.63, 3.8) is 0 Å². The summed E-state index contributed by atoms with van der Waals surface area (Å²) in [6.07, 6.45) is 3.99.